The summed E-state index contributed by atoms with van der Waals surface area (Å²) in [6.07, 6.45) is 1.54. The number of amides is 1. The summed E-state index contributed by atoms with van der Waals surface area (Å²) in [7, 11) is 0. The van der Waals surface area contributed by atoms with Gasteiger partial charge in [0.25, 0.3) is 0 Å². The summed E-state index contributed by atoms with van der Waals surface area (Å²) < 4.78 is 5.79. The smallest absolute Gasteiger partial charge is 0.227 e. The molecule has 0 radical (unpaired) electrons. The number of para-hydroxylation sites is 2. The number of carbonyl (C=O) groups is 1. The maximum absolute atomic E-state index is 12.5. The predicted octanol–water partition coefficient (Wildman–Crippen LogP) is 3.58. The van der Waals surface area contributed by atoms with E-state index < -0.39 is 0 Å². The molecule has 2 aromatic rings. The van der Waals surface area contributed by atoms with Crippen LogP contribution in [0.4, 0.5) is 5.69 Å². The van der Waals surface area contributed by atoms with E-state index in [0.717, 1.165) is 37.5 Å². The lowest BCUT2D eigenvalue weighted by atomic mass is 10.1. The fourth-order valence-corrected chi connectivity index (χ4v) is 3.35. The molecule has 4 nitrogen and oxygen atoms in total. The quantitative estimate of drug-likeness (QED) is 0.773. The number of anilines is 1. The molecule has 0 saturated carbocycles. The summed E-state index contributed by atoms with van der Waals surface area (Å²) in [5.74, 6) is 1.10. The molecule has 1 unspecified atom stereocenters. The number of benzene rings is 2. The Hall–Kier alpha value is -2.33. The zero-order valence-corrected chi connectivity index (χ0v) is 14.8. The Morgan fingerprint density at radius 3 is 2.48 bits per heavy atom. The van der Waals surface area contributed by atoms with Gasteiger partial charge in [-0.3, -0.25) is 9.69 Å². The number of nitrogens with zero attached hydrogens (tertiary/aromatic N) is 2. The number of hydrogen-bond donors (Lipinski definition) is 0. The van der Waals surface area contributed by atoms with Gasteiger partial charge in [0, 0.05) is 31.7 Å². The highest BCUT2D eigenvalue weighted by Crippen LogP contribution is 2.24. The fraction of sp³-hybridized carbons (Fsp3) is 0.381. The van der Waals surface area contributed by atoms with Gasteiger partial charge in [0.15, 0.2) is 0 Å². The van der Waals surface area contributed by atoms with E-state index in [1.807, 2.05) is 72.5 Å². The lowest BCUT2D eigenvalue weighted by molar-refractivity contribution is -0.118. The topological polar surface area (TPSA) is 32.8 Å². The molecule has 3 rings (SSSR count). The van der Waals surface area contributed by atoms with E-state index >= 15 is 0 Å². The van der Waals surface area contributed by atoms with Gasteiger partial charge in [-0.2, -0.15) is 0 Å². The van der Waals surface area contributed by atoms with Gasteiger partial charge < -0.3 is 9.64 Å². The average molecular weight is 338 g/mol. The van der Waals surface area contributed by atoms with Gasteiger partial charge in [0.1, 0.15) is 12.4 Å². The van der Waals surface area contributed by atoms with E-state index in [2.05, 4.69) is 4.90 Å². The van der Waals surface area contributed by atoms with E-state index in [0.29, 0.717) is 13.0 Å². The average Bonchev–Trinajstić information content (AvgIpc) is 3.12. The van der Waals surface area contributed by atoms with Gasteiger partial charge in [0.05, 0.1) is 6.04 Å². The molecule has 2 aromatic carbocycles. The molecule has 25 heavy (non-hydrogen) atoms. The molecule has 1 aliphatic heterocycles. The van der Waals surface area contributed by atoms with Crippen LogP contribution in [0.1, 0.15) is 19.8 Å². The number of carbonyl (C=O) groups excluding carboxylic acids is 1. The van der Waals surface area contributed by atoms with Crippen LogP contribution < -0.4 is 9.64 Å². The van der Waals surface area contributed by atoms with Gasteiger partial charge in [0.2, 0.25) is 5.91 Å². The standard InChI is InChI=1S/C21H26N2O2/c1-2-21(24)23(18-9-5-3-6-10-18)19-13-14-22(17-19)15-16-25-20-11-7-4-8-12-20/h3-12,19H,2,13-17H2,1H3. The van der Waals surface area contributed by atoms with Crippen molar-refractivity contribution < 1.29 is 9.53 Å². The number of rotatable bonds is 7. The van der Waals surface area contributed by atoms with Gasteiger partial charge >= 0.3 is 0 Å². The molecular formula is C21H26N2O2. The highest BCUT2D eigenvalue weighted by molar-refractivity contribution is 5.93. The summed E-state index contributed by atoms with van der Waals surface area (Å²) >= 11 is 0. The van der Waals surface area contributed by atoms with Crippen LogP contribution in [0.2, 0.25) is 0 Å². The molecule has 0 spiro atoms. The third kappa shape index (κ3) is 4.60. The Labute approximate surface area is 150 Å². The second kappa shape index (κ2) is 8.67. The zero-order valence-electron chi connectivity index (χ0n) is 14.8. The minimum Gasteiger partial charge on any atom is -0.492 e. The zero-order chi connectivity index (χ0) is 17.5. The first-order valence-electron chi connectivity index (χ1n) is 9.05. The van der Waals surface area contributed by atoms with Crippen molar-refractivity contribution in [2.75, 3.05) is 31.1 Å². The van der Waals surface area contributed by atoms with E-state index in [1.165, 1.54) is 0 Å². The van der Waals surface area contributed by atoms with Gasteiger partial charge in [-0.15, -0.1) is 0 Å². The maximum Gasteiger partial charge on any atom is 0.227 e. The molecule has 1 amide bonds. The molecule has 0 bridgehead atoms. The van der Waals surface area contributed by atoms with Crippen molar-refractivity contribution in [3.63, 3.8) is 0 Å². The lowest BCUT2D eigenvalue weighted by Crippen LogP contribution is -2.42. The second-order valence-corrected chi connectivity index (χ2v) is 6.36. The van der Waals surface area contributed by atoms with Crippen molar-refractivity contribution in [2.45, 2.75) is 25.8 Å². The molecule has 0 aromatic heterocycles. The normalized spacial score (nSPS) is 17.4. The molecule has 0 N–H and O–H groups in total. The maximum atomic E-state index is 12.5. The van der Waals surface area contributed by atoms with Crippen LogP contribution in [0.25, 0.3) is 0 Å². The van der Waals surface area contributed by atoms with Crippen molar-refractivity contribution in [3.8, 4) is 5.75 Å². The SMILES string of the molecule is CCC(=O)N(c1ccccc1)C1CCN(CCOc2ccccc2)C1. The highest BCUT2D eigenvalue weighted by atomic mass is 16.5. The Balaban J connectivity index is 1.55. The Kier molecular flexibility index (Phi) is 6.07. The van der Waals surface area contributed by atoms with Crippen molar-refractivity contribution in [2.24, 2.45) is 0 Å². The van der Waals surface area contributed by atoms with Crippen LogP contribution in [0, 0.1) is 0 Å². The summed E-state index contributed by atoms with van der Waals surface area (Å²) in [5.41, 5.74) is 1.00. The molecule has 1 atom stereocenters. The van der Waals surface area contributed by atoms with Crippen LogP contribution in [-0.2, 0) is 4.79 Å². The Bertz CT molecular complexity index is 660. The third-order valence-corrected chi connectivity index (χ3v) is 4.64. The van der Waals surface area contributed by atoms with E-state index in [-0.39, 0.29) is 11.9 Å². The molecule has 4 heteroatoms. The number of likely N-dealkylation sites (tertiary alicyclic amines) is 1. The van der Waals surface area contributed by atoms with Gasteiger partial charge in [-0.25, -0.2) is 0 Å². The van der Waals surface area contributed by atoms with Crippen molar-refractivity contribution >= 4 is 11.6 Å². The first kappa shape index (κ1) is 17.5. The summed E-state index contributed by atoms with van der Waals surface area (Å²) in [4.78, 5) is 16.9. The van der Waals surface area contributed by atoms with Crippen molar-refractivity contribution in [1.82, 2.24) is 4.90 Å². The summed E-state index contributed by atoms with van der Waals surface area (Å²) in [6.45, 7) is 5.39. The molecule has 1 saturated heterocycles. The van der Waals surface area contributed by atoms with E-state index in [4.69, 9.17) is 4.74 Å². The molecule has 0 aliphatic carbocycles. The van der Waals surface area contributed by atoms with Crippen molar-refractivity contribution in [3.05, 3.63) is 60.7 Å². The molecular weight excluding hydrogens is 312 g/mol. The second-order valence-electron chi connectivity index (χ2n) is 6.36. The van der Waals surface area contributed by atoms with Crippen molar-refractivity contribution in [1.29, 1.82) is 0 Å². The fourth-order valence-electron chi connectivity index (χ4n) is 3.35. The molecule has 132 valence electrons. The third-order valence-electron chi connectivity index (χ3n) is 4.64. The monoisotopic (exact) mass is 338 g/mol. The number of hydrogen-bond acceptors (Lipinski definition) is 3. The highest BCUT2D eigenvalue weighted by Gasteiger charge is 2.30. The van der Waals surface area contributed by atoms with Crippen LogP contribution in [-0.4, -0.2) is 43.1 Å². The van der Waals surface area contributed by atoms with Crippen LogP contribution >= 0.6 is 0 Å². The molecule has 1 aliphatic rings. The minimum absolute atomic E-state index is 0.193. The lowest BCUT2D eigenvalue weighted by Gasteiger charge is -2.29. The number of ether oxygens (including phenoxy) is 1. The molecule has 1 heterocycles. The first-order valence-corrected chi connectivity index (χ1v) is 9.05. The first-order chi connectivity index (χ1) is 12.3. The van der Waals surface area contributed by atoms with Gasteiger partial charge in [-0.1, -0.05) is 43.3 Å². The van der Waals surface area contributed by atoms with Gasteiger partial charge in [-0.05, 0) is 30.7 Å². The minimum atomic E-state index is 0.193. The summed E-state index contributed by atoms with van der Waals surface area (Å²) in [5, 5.41) is 0. The Morgan fingerprint density at radius 2 is 1.80 bits per heavy atom. The Morgan fingerprint density at radius 1 is 1.12 bits per heavy atom. The van der Waals surface area contributed by atoms with Crippen LogP contribution in [0.5, 0.6) is 5.75 Å². The predicted molar refractivity (Wildman–Crippen MR) is 101 cm³/mol. The largest absolute Gasteiger partial charge is 0.492 e. The summed E-state index contributed by atoms with van der Waals surface area (Å²) in [6, 6.07) is 20.2. The molecule has 1 fully saturated rings. The van der Waals surface area contributed by atoms with Crippen LogP contribution in [0.15, 0.2) is 60.7 Å². The van der Waals surface area contributed by atoms with Crippen LogP contribution in [0.3, 0.4) is 0 Å². The van der Waals surface area contributed by atoms with E-state index in [9.17, 15) is 4.79 Å². The van der Waals surface area contributed by atoms with E-state index in [1.54, 1.807) is 0 Å².